The van der Waals surface area contributed by atoms with E-state index in [9.17, 15) is 14.3 Å². The standard InChI is InChI=1S/C30H26FN7O2/c1-30(2,3)13-26(40)34-19-9-17(14-32-15-19)22-4-5-24-28(36-22)29(38-37-24)25-12-21-23(35-25)6-7-33-27(21)16-8-18(31)11-20(39)10-16/h4-12,14-15,35,39H,13H2,1-3H3,(H,34,40)(H,37,38). The molecule has 0 spiro atoms. The number of halogens is 1. The largest absolute Gasteiger partial charge is 0.508 e. The van der Waals surface area contributed by atoms with Crippen LogP contribution in [0, 0.1) is 11.2 Å². The van der Waals surface area contributed by atoms with Crippen LogP contribution in [0.1, 0.15) is 27.2 Å². The number of aromatic hydroxyl groups is 1. The van der Waals surface area contributed by atoms with Crippen molar-refractivity contribution in [3.63, 3.8) is 0 Å². The molecular weight excluding hydrogens is 509 g/mol. The molecule has 6 aromatic rings. The topological polar surface area (TPSA) is 132 Å². The van der Waals surface area contributed by atoms with Gasteiger partial charge in [-0.05, 0) is 47.9 Å². The van der Waals surface area contributed by atoms with Gasteiger partial charge in [0.1, 0.15) is 22.8 Å². The van der Waals surface area contributed by atoms with E-state index in [1.165, 1.54) is 12.1 Å². The van der Waals surface area contributed by atoms with Crippen LogP contribution in [0.4, 0.5) is 10.1 Å². The van der Waals surface area contributed by atoms with Gasteiger partial charge in [-0.15, -0.1) is 0 Å². The first-order valence-corrected chi connectivity index (χ1v) is 12.7. The first-order chi connectivity index (χ1) is 19.1. The summed E-state index contributed by atoms with van der Waals surface area (Å²) in [4.78, 5) is 29.4. The molecule has 0 saturated heterocycles. The minimum atomic E-state index is -0.549. The molecule has 4 N–H and O–H groups in total. The second-order valence-corrected chi connectivity index (χ2v) is 10.9. The minimum Gasteiger partial charge on any atom is -0.508 e. The molecule has 6 rings (SSSR count). The predicted molar refractivity (Wildman–Crippen MR) is 152 cm³/mol. The second-order valence-electron chi connectivity index (χ2n) is 10.9. The maximum absolute atomic E-state index is 14.0. The van der Waals surface area contributed by atoms with Crippen molar-refractivity contribution in [3.8, 4) is 39.7 Å². The molecule has 1 amide bonds. The molecule has 9 nitrogen and oxygen atoms in total. The summed E-state index contributed by atoms with van der Waals surface area (Å²) in [5.41, 5.74) is 6.34. The summed E-state index contributed by atoms with van der Waals surface area (Å²) in [5.74, 6) is -0.799. The molecule has 40 heavy (non-hydrogen) atoms. The average Bonchev–Trinajstić information content (AvgIpc) is 3.50. The van der Waals surface area contributed by atoms with Gasteiger partial charge >= 0.3 is 0 Å². The summed E-state index contributed by atoms with van der Waals surface area (Å²) < 4.78 is 14.0. The lowest BCUT2D eigenvalue weighted by molar-refractivity contribution is -0.117. The molecule has 0 fully saturated rings. The van der Waals surface area contributed by atoms with Gasteiger partial charge in [0.05, 0.1) is 34.5 Å². The highest BCUT2D eigenvalue weighted by Gasteiger charge is 2.18. The fraction of sp³-hybridized carbons (Fsp3) is 0.167. The number of rotatable bonds is 5. The average molecular weight is 536 g/mol. The number of hydrogen-bond donors (Lipinski definition) is 4. The summed E-state index contributed by atoms with van der Waals surface area (Å²) in [6, 6.07) is 13.2. The highest BCUT2D eigenvalue weighted by molar-refractivity contribution is 5.99. The summed E-state index contributed by atoms with van der Waals surface area (Å²) in [7, 11) is 0. The molecule has 0 saturated carbocycles. The maximum Gasteiger partial charge on any atom is 0.224 e. The van der Waals surface area contributed by atoms with Crippen LogP contribution in [0.3, 0.4) is 0 Å². The third-order valence-corrected chi connectivity index (χ3v) is 6.38. The normalized spacial score (nSPS) is 11.8. The molecule has 5 aromatic heterocycles. The lowest BCUT2D eigenvalue weighted by Gasteiger charge is -2.17. The molecule has 0 bridgehead atoms. The number of phenols is 1. The van der Waals surface area contributed by atoms with E-state index in [1.807, 2.05) is 51.1 Å². The molecule has 0 unspecified atom stereocenters. The monoisotopic (exact) mass is 535 g/mol. The van der Waals surface area contributed by atoms with Crippen LogP contribution in [-0.2, 0) is 4.79 Å². The van der Waals surface area contributed by atoms with Crippen LogP contribution >= 0.6 is 0 Å². The van der Waals surface area contributed by atoms with E-state index >= 15 is 0 Å². The fourth-order valence-corrected chi connectivity index (χ4v) is 4.71. The lowest BCUT2D eigenvalue weighted by Crippen LogP contribution is -2.19. The smallest absolute Gasteiger partial charge is 0.224 e. The molecule has 0 aliphatic rings. The zero-order valence-corrected chi connectivity index (χ0v) is 22.1. The number of carbonyl (C=O) groups excluding carboxylic acids is 1. The number of benzene rings is 1. The van der Waals surface area contributed by atoms with E-state index in [1.54, 1.807) is 18.6 Å². The van der Waals surface area contributed by atoms with Gasteiger partial charge in [-0.3, -0.25) is 19.9 Å². The van der Waals surface area contributed by atoms with Crippen LogP contribution in [0.15, 0.2) is 67.1 Å². The molecule has 200 valence electrons. The van der Waals surface area contributed by atoms with E-state index in [-0.39, 0.29) is 17.1 Å². The van der Waals surface area contributed by atoms with Crippen LogP contribution in [0.25, 0.3) is 55.8 Å². The Balaban J connectivity index is 1.37. The first-order valence-electron chi connectivity index (χ1n) is 12.7. The number of anilines is 1. The zero-order chi connectivity index (χ0) is 28.0. The van der Waals surface area contributed by atoms with Crippen molar-refractivity contribution in [1.82, 2.24) is 30.1 Å². The van der Waals surface area contributed by atoms with Crippen LogP contribution in [-0.4, -0.2) is 41.1 Å². The number of aromatic nitrogens is 6. The summed E-state index contributed by atoms with van der Waals surface area (Å²) in [6.07, 6.45) is 5.32. The van der Waals surface area contributed by atoms with Crippen LogP contribution in [0.2, 0.25) is 0 Å². The van der Waals surface area contributed by atoms with E-state index in [0.29, 0.717) is 46.0 Å². The van der Waals surface area contributed by atoms with Gasteiger partial charge in [0.25, 0.3) is 0 Å². The quantitative estimate of drug-likeness (QED) is 0.201. The Morgan fingerprint density at radius 2 is 1.85 bits per heavy atom. The molecule has 1 aromatic carbocycles. The van der Waals surface area contributed by atoms with E-state index in [2.05, 4.69) is 30.5 Å². The number of nitrogens with zero attached hydrogens (tertiary/aromatic N) is 4. The number of aromatic amines is 2. The van der Waals surface area contributed by atoms with Crippen molar-refractivity contribution in [2.75, 3.05) is 5.32 Å². The zero-order valence-electron chi connectivity index (χ0n) is 22.1. The molecule has 10 heteroatoms. The third kappa shape index (κ3) is 4.98. The maximum atomic E-state index is 14.0. The molecule has 0 aliphatic carbocycles. The Hall–Kier alpha value is -5.12. The van der Waals surface area contributed by atoms with Crippen molar-refractivity contribution >= 4 is 33.5 Å². The summed E-state index contributed by atoms with van der Waals surface area (Å²) in [5, 5.41) is 21.1. The van der Waals surface area contributed by atoms with Crippen molar-refractivity contribution in [2.24, 2.45) is 5.41 Å². The predicted octanol–water partition coefficient (Wildman–Crippen LogP) is 6.45. The van der Waals surface area contributed by atoms with E-state index < -0.39 is 5.82 Å². The van der Waals surface area contributed by atoms with E-state index in [4.69, 9.17) is 4.98 Å². The number of phenolic OH excluding ortho intramolecular Hbond substituents is 1. The van der Waals surface area contributed by atoms with Gasteiger partial charge in [0.2, 0.25) is 5.91 Å². The molecule has 0 aliphatic heterocycles. The third-order valence-electron chi connectivity index (χ3n) is 6.38. The van der Waals surface area contributed by atoms with Gasteiger partial charge < -0.3 is 15.4 Å². The number of amides is 1. The Bertz CT molecular complexity index is 1880. The number of pyridine rings is 3. The van der Waals surface area contributed by atoms with Gasteiger partial charge in [-0.25, -0.2) is 9.37 Å². The van der Waals surface area contributed by atoms with Gasteiger partial charge in [0.15, 0.2) is 0 Å². The number of carbonyl (C=O) groups is 1. The first kappa shape index (κ1) is 25.2. The molecule has 0 radical (unpaired) electrons. The van der Waals surface area contributed by atoms with E-state index in [0.717, 1.165) is 28.0 Å². The minimum absolute atomic E-state index is 0.0758. The summed E-state index contributed by atoms with van der Waals surface area (Å²) >= 11 is 0. The molecular formula is C30H26FN7O2. The summed E-state index contributed by atoms with van der Waals surface area (Å²) in [6.45, 7) is 6.04. The Morgan fingerprint density at radius 3 is 2.65 bits per heavy atom. The van der Waals surface area contributed by atoms with Crippen molar-refractivity contribution in [1.29, 1.82) is 0 Å². The number of hydrogen-bond acceptors (Lipinski definition) is 6. The SMILES string of the molecule is CC(C)(C)CC(=O)Nc1cncc(-c2ccc3[nH]nc(-c4cc5c(-c6cc(O)cc(F)c6)nccc5[nH]4)c3n2)c1. The highest BCUT2D eigenvalue weighted by atomic mass is 19.1. The van der Waals surface area contributed by atoms with Gasteiger partial charge in [-0.1, -0.05) is 20.8 Å². The Morgan fingerprint density at radius 1 is 1.00 bits per heavy atom. The second kappa shape index (κ2) is 9.57. The van der Waals surface area contributed by atoms with Crippen molar-refractivity contribution < 1.29 is 14.3 Å². The number of H-pyrrole nitrogens is 2. The van der Waals surface area contributed by atoms with Crippen molar-refractivity contribution in [2.45, 2.75) is 27.2 Å². The number of fused-ring (bicyclic) bond motifs is 2. The fourth-order valence-electron chi connectivity index (χ4n) is 4.71. The Kier molecular flexibility index (Phi) is 6.02. The van der Waals surface area contributed by atoms with Crippen molar-refractivity contribution in [3.05, 3.63) is 72.9 Å². The van der Waals surface area contributed by atoms with Gasteiger partial charge in [0, 0.05) is 46.9 Å². The molecule has 0 atom stereocenters. The lowest BCUT2D eigenvalue weighted by atomic mass is 9.92. The highest BCUT2D eigenvalue weighted by Crippen LogP contribution is 2.34. The Labute approximate surface area is 228 Å². The van der Waals surface area contributed by atoms with Crippen LogP contribution in [0.5, 0.6) is 5.75 Å². The van der Waals surface area contributed by atoms with Crippen LogP contribution < -0.4 is 5.32 Å². The van der Waals surface area contributed by atoms with Gasteiger partial charge in [-0.2, -0.15) is 5.10 Å². The molecule has 5 heterocycles. The number of nitrogens with one attached hydrogen (secondary N) is 3.